The predicted molar refractivity (Wildman–Crippen MR) is 145 cm³/mol. The van der Waals surface area contributed by atoms with E-state index in [0.29, 0.717) is 17.5 Å². The first kappa shape index (κ1) is 31.8. The lowest BCUT2D eigenvalue weighted by atomic mass is 9.98. The number of carbonyl (C=O) groups excluding carboxylic acids is 3. The number of rotatable bonds is 15. The first-order valence-corrected chi connectivity index (χ1v) is 12.8. The number of carboxylic acids is 2. The third-order valence-electron chi connectivity index (χ3n) is 6.48. The molecule has 0 aliphatic heterocycles. The molecule has 5 unspecified atom stereocenters. The average molecular weight is 557 g/mol. The van der Waals surface area contributed by atoms with E-state index in [1.165, 1.54) is 24.3 Å². The Hall–Kier alpha value is -4.45. The molecule has 0 saturated heterocycles. The monoisotopic (exact) mass is 556 g/mol. The highest BCUT2D eigenvalue weighted by Gasteiger charge is 2.32. The molecule has 2 aromatic carbocycles. The topological polar surface area (TPSA) is 208 Å². The summed E-state index contributed by atoms with van der Waals surface area (Å²) in [5, 5.41) is 35.9. The Bertz CT molecular complexity index is 1170. The zero-order valence-corrected chi connectivity index (χ0v) is 22.4. The molecule has 8 N–H and O–H groups in total. The molecular formula is C28H36N4O8. The first-order valence-electron chi connectivity index (χ1n) is 12.8. The number of phenolic OH excluding ortho intramolecular Hbond substituents is 1. The summed E-state index contributed by atoms with van der Waals surface area (Å²) >= 11 is 0. The summed E-state index contributed by atoms with van der Waals surface area (Å²) < 4.78 is 0. The van der Waals surface area contributed by atoms with Gasteiger partial charge in [0.05, 0.1) is 12.5 Å². The molecule has 0 aromatic heterocycles. The third-order valence-corrected chi connectivity index (χ3v) is 6.48. The third kappa shape index (κ3) is 10.0. The molecule has 3 amide bonds. The van der Waals surface area contributed by atoms with Gasteiger partial charge < -0.3 is 37.0 Å². The summed E-state index contributed by atoms with van der Waals surface area (Å²) in [4.78, 5) is 62.5. The number of aliphatic carboxylic acids is 2. The van der Waals surface area contributed by atoms with Crippen LogP contribution in [0, 0.1) is 5.92 Å². The zero-order valence-electron chi connectivity index (χ0n) is 22.4. The van der Waals surface area contributed by atoms with E-state index in [-0.39, 0.29) is 24.5 Å². The van der Waals surface area contributed by atoms with Crippen molar-refractivity contribution >= 4 is 29.7 Å². The molecule has 0 bridgehead atoms. The summed E-state index contributed by atoms with van der Waals surface area (Å²) in [6, 6.07) is 9.24. The maximum Gasteiger partial charge on any atom is 0.326 e. The van der Waals surface area contributed by atoms with E-state index in [1.807, 2.05) is 6.92 Å². The minimum Gasteiger partial charge on any atom is -0.508 e. The smallest absolute Gasteiger partial charge is 0.326 e. The highest BCUT2D eigenvalue weighted by atomic mass is 16.4. The fraction of sp³-hybridized carbons (Fsp3) is 0.393. The van der Waals surface area contributed by atoms with Gasteiger partial charge in [0.2, 0.25) is 17.7 Å². The highest BCUT2D eigenvalue weighted by Crippen LogP contribution is 2.13. The van der Waals surface area contributed by atoms with E-state index in [2.05, 4.69) is 16.0 Å². The van der Waals surface area contributed by atoms with Crippen molar-refractivity contribution in [3.63, 3.8) is 0 Å². The Morgan fingerprint density at radius 2 is 1.25 bits per heavy atom. The van der Waals surface area contributed by atoms with E-state index in [1.54, 1.807) is 37.3 Å². The van der Waals surface area contributed by atoms with Crippen LogP contribution in [0.3, 0.4) is 0 Å². The van der Waals surface area contributed by atoms with Gasteiger partial charge in [0.1, 0.15) is 23.9 Å². The lowest BCUT2D eigenvalue weighted by molar-refractivity contribution is -0.143. The van der Waals surface area contributed by atoms with Crippen molar-refractivity contribution in [2.75, 3.05) is 0 Å². The first-order chi connectivity index (χ1) is 18.9. The predicted octanol–water partition coefficient (Wildman–Crippen LogP) is 0.565. The van der Waals surface area contributed by atoms with Crippen LogP contribution in [0.4, 0.5) is 0 Å². The standard InChI is InChI=1S/C28H36N4O8/c1-3-16(2)24(29)27(38)31-21(15-23(34)35)26(37)30-20(13-18-9-11-19(33)12-10-18)25(36)32-22(28(39)40)14-17-7-5-4-6-8-17/h4-12,16,20-22,24,33H,3,13-15,29H2,1-2H3,(H,30,37)(H,31,38)(H,32,36)(H,34,35)(H,39,40). The molecule has 40 heavy (non-hydrogen) atoms. The number of amides is 3. The largest absolute Gasteiger partial charge is 0.508 e. The van der Waals surface area contributed by atoms with Crippen LogP contribution in [-0.4, -0.2) is 69.1 Å². The van der Waals surface area contributed by atoms with Gasteiger partial charge in [0.25, 0.3) is 0 Å². The molecule has 216 valence electrons. The number of hydrogen-bond acceptors (Lipinski definition) is 7. The molecule has 0 radical (unpaired) electrons. The van der Waals surface area contributed by atoms with E-state index in [0.717, 1.165) is 0 Å². The molecule has 12 heteroatoms. The van der Waals surface area contributed by atoms with Crippen LogP contribution in [0.2, 0.25) is 0 Å². The summed E-state index contributed by atoms with van der Waals surface area (Å²) in [6.07, 6.45) is -0.334. The molecule has 0 fully saturated rings. The molecule has 5 atom stereocenters. The van der Waals surface area contributed by atoms with E-state index >= 15 is 0 Å². The Morgan fingerprint density at radius 3 is 1.80 bits per heavy atom. The minimum absolute atomic E-state index is 0.0208. The number of benzene rings is 2. The van der Waals surface area contributed by atoms with Gasteiger partial charge in [0.15, 0.2) is 0 Å². The lowest BCUT2D eigenvalue weighted by Crippen LogP contribution is -2.58. The van der Waals surface area contributed by atoms with Crippen LogP contribution in [-0.2, 0) is 36.8 Å². The van der Waals surface area contributed by atoms with Gasteiger partial charge in [-0.1, -0.05) is 62.7 Å². The molecule has 0 saturated carbocycles. The molecule has 12 nitrogen and oxygen atoms in total. The molecule has 0 aliphatic rings. The van der Waals surface area contributed by atoms with E-state index < -0.39 is 60.2 Å². The number of nitrogens with one attached hydrogen (secondary N) is 3. The van der Waals surface area contributed by atoms with E-state index in [4.69, 9.17) is 5.73 Å². The van der Waals surface area contributed by atoms with Crippen LogP contribution in [0.1, 0.15) is 37.8 Å². The number of carboxylic acid groups (broad SMARTS) is 2. The molecule has 0 aliphatic carbocycles. The van der Waals surface area contributed by atoms with Crippen LogP contribution in [0.15, 0.2) is 54.6 Å². The Labute approximate surface area is 232 Å². The van der Waals surface area contributed by atoms with Gasteiger partial charge >= 0.3 is 11.9 Å². The normalized spacial score (nSPS) is 14.6. The van der Waals surface area contributed by atoms with Crippen molar-refractivity contribution in [3.05, 3.63) is 65.7 Å². The molecule has 2 aromatic rings. The highest BCUT2D eigenvalue weighted by molar-refractivity contribution is 5.95. The second-order valence-electron chi connectivity index (χ2n) is 9.59. The molecule has 2 rings (SSSR count). The van der Waals surface area contributed by atoms with Crippen LogP contribution in [0.25, 0.3) is 0 Å². The minimum atomic E-state index is -1.55. The van der Waals surface area contributed by atoms with Gasteiger partial charge in [0, 0.05) is 12.8 Å². The van der Waals surface area contributed by atoms with Gasteiger partial charge in [-0.05, 0) is 29.2 Å². The summed E-state index contributed by atoms with van der Waals surface area (Å²) in [7, 11) is 0. The van der Waals surface area contributed by atoms with Crippen LogP contribution < -0.4 is 21.7 Å². The van der Waals surface area contributed by atoms with Crippen molar-refractivity contribution in [1.29, 1.82) is 0 Å². The number of aromatic hydroxyl groups is 1. The Morgan fingerprint density at radius 1 is 0.750 bits per heavy atom. The van der Waals surface area contributed by atoms with Gasteiger partial charge in [-0.25, -0.2) is 4.79 Å². The molecule has 0 spiro atoms. The zero-order chi connectivity index (χ0) is 29.8. The average Bonchev–Trinajstić information content (AvgIpc) is 2.92. The second kappa shape index (κ2) is 15.2. The van der Waals surface area contributed by atoms with Crippen molar-refractivity contribution in [2.24, 2.45) is 11.7 Å². The fourth-order valence-electron chi connectivity index (χ4n) is 3.84. The number of hydrogen-bond donors (Lipinski definition) is 7. The molecular weight excluding hydrogens is 520 g/mol. The summed E-state index contributed by atoms with van der Waals surface area (Å²) in [5.74, 6) is -5.43. The van der Waals surface area contributed by atoms with Crippen molar-refractivity contribution in [1.82, 2.24) is 16.0 Å². The maximum atomic E-state index is 13.3. The van der Waals surface area contributed by atoms with Gasteiger partial charge in [-0.3, -0.25) is 19.2 Å². The summed E-state index contributed by atoms with van der Waals surface area (Å²) in [5.41, 5.74) is 7.11. The fourth-order valence-corrected chi connectivity index (χ4v) is 3.84. The Kier molecular flexibility index (Phi) is 12.1. The molecule has 0 heterocycles. The quantitative estimate of drug-likeness (QED) is 0.163. The second-order valence-corrected chi connectivity index (χ2v) is 9.59. The summed E-state index contributed by atoms with van der Waals surface area (Å²) in [6.45, 7) is 3.57. The van der Waals surface area contributed by atoms with Gasteiger partial charge in [-0.15, -0.1) is 0 Å². The van der Waals surface area contributed by atoms with Crippen molar-refractivity contribution in [3.8, 4) is 5.75 Å². The van der Waals surface area contributed by atoms with Crippen molar-refractivity contribution < 1.29 is 39.3 Å². The van der Waals surface area contributed by atoms with Gasteiger partial charge in [-0.2, -0.15) is 0 Å². The van der Waals surface area contributed by atoms with E-state index in [9.17, 15) is 39.3 Å². The number of carbonyl (C=O) groups is 5. The van der Waals surface area contributed by atoms with Crippen molar-refractivity contribution in [2.45, 2.75) is 63.7 Å². The Balaban J connectivity index is 2.28. The lowest BCUT2D eigenvalue weighted by Gasteiger charge is -2.25. The van der Waals surface area contributed by atoms with Crippen LogP contribution in [0.5, 0.6) is 5.75 Å². The number of phenols is 1. The number of nitrogens with two attached hydrogens (primary N) is 1. The maximum absolute atomic E-state index is 13.3. The van der Waals surface area contributed by atoms with Crippen LogP contribution >= 0.6 is 0 Å². The SMILES string of the molecule is CCC(C)C(N)C(=O)NC(CC(=O)O)C(=O)NC(Cc1ccc(O)cc1)C(=O)NC(Cc1ccccc1)C(=O)O.